The summed E-state index contributed by atoms with van der Waals surface area (Å²) in [5, 5.41) is 8.80. The number of carbonyl (C=O) groups is 1. The predicted molar refractivity (Wildman–Crippen MR) is 107 cm³/mol. The maximum absolute atomic E-state index is 12.4. The van der Waals surface area contributed by atoms with Gasteiger partial charge in [-0.2, -0.15) is 13.2 Å². The molecule has 0 spiro atoms. The van der Waals surface area contributed by atoms with Crippen molar-refractivity contribution < 1.29 is 27.4 Å². The quantitative estimate of drug-likeness (QED) is 0.315. The second-order valence-corrected chi connectivity index (χ2v) is 7.28. The fourth-order valence-corrected chi connectivity index (χ4v) is 2.13. The van der Waals surface area contributed by atoms with Gasteiger partial charge in [-0.15, -0.1) is 0 Å². The number of guanidine groups is 1. The first-order chi connectivity index (χ1) is 14.0. The molecule has 1 aromatic heterocycles. The molecule has 0 aliphatic carbocycles. The van der Waals surface area contributed by atoms with E-state index >= 15 is 0 Å². The van der Waals surface area contributed by atoms with Crippen molar-refractivity contribution in [2.45, 2.75) is 52.4 Å². The number of aliphatic imine (C=N–C) groups is 1. The van der Waals surface area contributed by atoms with Crippen LogP contribution in [-0.4, -0.2) is 55.1 Å². The van der Waals surface area contributed by atoms with Crippen molar-refractivity contribution in [3.05, 3.63) is 23.9 Å². The molecule has 0 atom stereocenters. The molecule has 0 aromatic carbocycles. The second kappa shape index (κ2) is 12.1. The Morgan fingerprint density at radius 2 is 1.87 bits per heavy atom. The Labute approximate surface area is 174 Å². The Hall–Kier alpha value is -2.72. The lowest BCUT2D eigenvalue weighted by molar-refractivity contribution is -0.154. The molecule has 0 unspecified atom stereocenters. The Bertz CT molecular complexity index is 691. The molecule has 170 valence electrons. The van der Waals surface area contributed by atoms with E-state index in [9.17, 15) is 18.0 Å². The topological polar surface area (TPSA) is 96.9 Å². The maximum Gasteiger partial charge on any atom is 0.422 e. The molecule has 1 amide bonds. The van der Waals surface area contributed by atoms with Gasteiger partial charge in [-0.25, -0.2) is 14.8 Å². The SMILES string of the molecule is CCNC(=NCc1cccnc1OCC(F)(F)F)NCCCNC(=O)OC(C)(C)C. The molecule has 11 heteroatoms. The highest BCUT2D eigenvalue weighted by Crippen LogP contribution is 2.20. The number of hydrogen-bond acceptors (Lipinski definition) is 5. The fourth-order valence-electron chi connectivity index (χ4n) is 2.13. The van der Waals surface area contributed by atoms with E-state index in [-0.39, 0.29) is 12.4 Å². The summed E-state index contributed by atoms with van der Waals surface area (Å²) in [5.41, 5.74) is -0.118. The molecule has 0 bridgehead atoms. The molecule has 0 aliphatic rings. The van der Waals surface area contributed by atoms with Crippen LogP contribution in [0.1, 0.15) is 39.7 Å². The van der Waals surface area contributed by atoms with Crippen molar-refractivity contribution in [1.82, 2.24) is 20.9 Å². The van der Waals surface area contributed by atoms with Crippen molar-refractivity contribution in [2.75, 3.05) is 26.2 Å². The van der Waals surface area contributed by atoms with E-state index in [2.05, 4.69) is 25.9 Å². The van der Waals surface area contributed by atoms with Crippen LogP contribution < -0.4 is 20.7 Å². The van der Waals surface area contributed by atoms with Crippen molar-refractivity contribution in [3.8, 4) is 5.88 Å². The van der Waals surface area contributed by atoms with Crippen LogP contribution in [0.2, 0.25) is 0 Å². The average molecular weight is 433 g/mol. The van der Waals surface area contributed by atoms with Gasteiger partial charge in [-0.3, -0.25) is 0 Å². The average Bonchev–Trinajstić information content (AvgIpc) is 2.62. The highest BCUT2D eigenvalue weighted by atomic mass is 19.4. The van der Waals surface area contributed by atoms with Crippen LogP contribution >= 0.6 is 0 Å². The number of carbonyl (C=O) groups excluding carboxylic acids is 1. The summed E-state index contributed by atoms with van der Waals surface area (Å²) in [6, 6.07) is 3.21. The maximum atomic E-state index is 12.4. The van der Waals surface area contributed by atoms with E-state index in [4.69, 9.17) is 9.47 Å². The van der Waals surface area contributed by atoms with Crippen LogP contribution in [0.15, 0.2) is 23.3 Å². The first-order valence-corrected chi connectivity index (χ1v) is 9.62. The molecule has 0 radical (unpaired) electrons. The van der Waals surface area contributed by atoms with Gasteiger partial charge in [0.1, 0.15) is 5.60 Å². The molecular formula is C19H30F3N5O3. The number of rotatable bonds is 9. The van der Waals surface area contributed by atoms with E-state index in [1.807, 2.05) is 6.92 Å². The standard InChI is InChI=1S/C19H30F3N5O3/c1-5-23-16(25-10-7-11-26-17(28)30-18(2,3)4)27-12-14-8-6-9-24-15(14)29-13-19(20,21)22/h6,8-9H,5,7,10-13H2,1-4H3,(H,26,28)(H2,23,25,27). The van der Waals surface area contributed by atoms with E-state index in [0.29, 0.717) is 37.6 Å². The first kappa shape index (κ1) is 25.3. The largest absolute Gasteiger partial charge is 0.468 e. The number of alkyl halides is 3. The predicted octanol–water partition coefficient (Wildman–Crippen LogP) is 2.99. The van der Waals surface area contributed by atoms with Crippen molar-refractivity contribution >= 4 is 12.1 Å². The van der Waals surface area contributed by atoms with Crippen molar-refractivity contribution in [3.63, 3.8) is 0 Å². The Kier molecular flexibility index (Phi) is 10.2. The summed E-state index contributed by atoms with van der Waals surface area (Å²) in [7, 11) is 0. The van der Waals surface area contributed by atoms with E-state index in [1.165, 1.54) is 6.20 Å². The number of nitrogens with one attached hydrogen (secondary N) is 3. The lowest BCUT2D eigenvalue weighted by atomic mass is 10.2. The zero-order chi connectivity index (χ0) is 22.6. The number of pyridine rings is 1. The molecule has 0 aliphatic heterocycles. The first-order valence-electron chi connectivity index (χ1n) is 9.62. The monoisotopic (exact) mass is 433 g/mol. The van der Waals surface area contributed by atoms with Gasteiger partial charge >= 0.3 is 12.3 Å². The van der Waals surface area contributed by atoms with Gasteiger partial charge in [0.25, 0.3) is 0 Å². The number of ether oxygens (including phenoxy) is 2. The van der Waals surface area contributed by atoms with E-state index in [0.717, 1.165) is 0 Å². The zero-order valence-corrected chi connectivity index (χ0v) is 17.7. The Morgan fingerprint density at radius 1 is 1.17 bits per heavy atom. The van der Waals surface area contributed by atoms with Gasteiger partial charge in [-0.05, 0) is 40.2 Å². The summed E-state index contributed by atoms with van der Waals surface area (Å²) in [6.07, 6.45) is -2.94. The number of aromatic nitrogens is 1. The molecule has 1 rings (SSSR count). The number of halogens is 3. The molecule has 0 fully saturated rings. The zero-order valence-electron chi connectivity index (χ0n) is 17.7. The molecule has 1 heterocycles. The van der Waals surface area contributed by atoms with E-state index < -0.39 is 24.5 Å². The number of alkyl carbamates (subject to hydrolysis) is 1. The van der Waals surface area contributed by atoms with Gasteiger partial charge in [0.15, 0.2) is 12.6 Å². The van der Waals surface area contributed by atoms with E-state index in [1.54, 1.807) is 32.9 Å². The molecule has 0 saturated heterocycles. The van der Waals surface area contributed by atoms with Gasteiger partial charge in [-0.1, -0.05) is 6.07 Å². The van der Waals surface area contributed by atoms with Gasteiger partial charge in [0.05, 0.1) is 6.54 Å². The lowest BCUT2D eigenvalue weighted by Crippen LogP contribution is -2.39. The third-order valence-electron chi connectivity index (χ3n) is 3.29. The number of nitrogens with zero attached hydrogens (tertiary/aromatic N) is 2. The minimum atomic E-state index is -4.44. The molecule has 0 saturated carbocycles. The Morgan fingerprint density at radius 3 is 2.50 bits per heavy atom. The van der Waals surface area contributed by atoms with Crippen LogP contribution in [0.5, 0.6) is 5.88 Å². The highest BCUT2D eigenvalue weighted by Gasteiger charge is 2.29. The minimum Gasteiger partial charge on any atom is -0.468 e. The summed E-state index contributed by atoms with van der Waals surface area (Å²) in [5.74, 6) is 0.386. The van der Waals surface area contributed by atoms with Crippen molar-refractivity contribution in [2.24, 2.45) is 4.99 Å². The minimum absolute atomic E-state index is 0.0898. The third kappa shape index (κ3) is 12.0. The smallest absolute Gasteiger partial charge is 0.422 e. The van der Waals surface area contributed by atoms with Crippen LogP contribution in [0.4, 0.5) is 18.0 Å². The van der Waals surface area contributed by atoms with Crippen molar-refractivity contribution in [1.29, 1.82) is 0 Å². The molecule has 30 heavy (non-hydrogen) atoms. The molecular weight excluding hydrogens is 403 g/mol. The Balaban J connectivity index is 2.52. The summed E-state index contributed by atoms with van der Waals surface area (Å²) in [4.78, 5) is 19.8. The third-order valence-corrected chi connectivity index (χ3v) is 3.29. The second-order valence-electron chi connectivity index (χ2n) is 7.28. The van der Waals surface area contributed by atoms with Gasteiger partial charge in [0.2, 0.25) is 5.88 Å². The van der Waals surface area contributed by atoms with Crippen LogP contribution in [-0.2, 0) is 11.3 Å². The lowest BCUT2D eigenvalue weighted by Gasteiger charge is -2.19. The molecule has 3 N–H and O–H groups in total. The number of amides is 1. The van der Waals surface area contributed by atoms with Crippen LogP contribution in [0.3, 0.4) is 0 Å². The molecule has 1 aromatic rings. The summed E-state index contributed by atoms with van der Waals surface area (Å²) in [6.45, 7) is 7.47. The van der Waals surface area contributed by atoms with Gasteiger partial charge in [0, 0.05) is 31.4 Å². The fraction of sp³-hybridized carbons (Fsp3) is 0.632. The summed E-state index contributed by atoms with van der Waals surface area (Å²) < 4.78 is 47.1. The van der Waals surface area contributed by atoms with Crippen LogP contribution in [0.25, 0.3) is 0 Å². The molecule has 8 nitrogen and oxygen atoms in total. The number of hydrogen-bond donors (Lipinski definition) is 3. The normalized spacial score (nSPS) is 12.3. The van der Waals surface area contributed by atoms with Crippen LogP contribution in [0, 0.1) is 0 Å². The summed E-state index contributed by atoms with van der Waals surface area (Å²) >= 11 is 0. The van der Waals surface area contributed by atoms with Gasteiger partial charge < -0.3 is 25.4 Å². The highest BCUT2D eigenvalue weighted by molar-refractivity contribution is 5.79.